The third-order valence-electron chi connectivity index (χ3n) is 7.97. The van der Waals surface area contributed by atoms with Gasteiger partial charge in [-0.25, -0.2) is 8.42 Å². The molecule has 0 saturated carbocycles. The molecule has 1 N–H and O–H groups in total. The number of amides is 2. The van der Waals surface area contributed by atoms with Crippen molar-refractivity contribution < 1.29 is 37.0 Å². The molecular weight excluding hydrogens is 646 g/mol. The SMILES string of the molecule is CCNC(=O)C(Cc1ccccc1)N(Cc1ccc(C)cc1)C(=O)CN(c1cc(OC)ccc1OC)S(=O)(=O)c1ccc(OC)c(OC)c1. The van der Waals surface area contributed by atoms with Crippen LogP contribution in [0.15, 0.2) is 95.9 Å². The quantitative estimate of drug-likeness (QED) is 0.174. The van der Waals surface area contributed by atoms with Crippen molar-refractivity contribution in [3.05, 3.63) is 108 Å². The molecule has 2 amide bonds. The van der Waals surface area contributed by atoms with Gasteiger partial charge in [0, 0.05) is 31.6 Å². The van der Waals surface area contributed by atoms with Gasteiger partial charge < -0.3 is 29.2 Å². The number of methoxy groups -OCH3 is 4. The summed E-state index contributed by atoms with van der Waals surface area (Å²) < 4.78 is 51.9. The topological polar surface area (TPSA) is 124 Å². The highest BCUT2D eigenvalue weighted by Crippen LogP contribution is 2.38. The van der Waals surface area contributed by atoms with E-state index in [4.69, 9.17) is 18.9 Å². The lowest BCUT2D eigenvalue weighted by atomic mass is 10.0. The van der Waals surface area contributed by atoms with Crippen molar-refractivity contribution in [2.24, 2.45) is 0 Å². The van der Waals surface area contributed by atoms with Crippen LogP contribution in [-0.4, -0.2) is 72.7 Å². The number of likely N-dealkylation sites (N-methyl/N-ethyl adjacent to an activating group) is 1. The van der Waals surface area contributed by atoms with Crippen molar-refractivity contribution in [3.63, 3.8) is 0 Å². The van der Waals surface area contributed by atoms with E-state index in [-0.39, 0.29) is 41.0 Å². The summed E-state index contributed by atoms with van der Waals surface area (Å²) in [5, 5.41) is 2.87. The fraction of sp³-hybridized carbons (Fsp3) is 0.297. The van der Waals surface area contributed by atoms with Crippen molar-refractivity contribution in [2.75, 3.05) is 45.8 Å². The fourth-order valence-electron chi connectivity index (χ4n) is 5.35. The molecule has 0 aliphatic carbocycles. The molecule has 4 rings (SSSR count). The van der Waals surface area contributed by atoms with Crippen LogP contribution in [0, 0.1) is 6.92 Å². The van der Waals surface area contributed by atoms with E-state index in [1.165, 1.54) is 57.6 Å². The number of hydrogen-bond acceptors (Lipinski definition) is 8. The number of nitrogens with one attached hydrogen (secondary N) is 1. The lowest BCUT2D eigenvalue weighted by molar-refractivity contribution is -0.140. The Bertz CT molecular complexity index is 1830. The summed E-state index contributed by atoms with van der Waals surface area (Å²) in [6.07, 6.45) is 0.204. The molecule has 0 spiro atoms. The zero-order valence-electron chi connectivity index (χ0n) is 28.6. The summed E-state index contributed by atoms with van der Waals surface area (Å²) in [5.74, 6) is 0.0798. The number of anilines is 1. The number of sulfonamides is 1. The second-order valence-corrected chi connectivity index (χ2v) is 13.0. The van der Waals surface area contributed by atoms with Crippen LogP contribution in [0.25, 0.3) is 0 Å². The molecule has 12 heteroatoms. The van der Waals surface area contributed by atoms with Crippen molar-refractivity contribution in [1.29, 1.82) is 0 Å². The predicted molar refractivity (Wildman–Crippen MR) is 188 cm³/mol. The van der Waals surface area contributed by atoms with Crippen LogP contribution in [0.4, 0.5) is 5.69 Å². The van der Waals surface area contributed by atoms with E-state index < -0.39 is 28.5 Å². The Balaban J connectivity index is 1.89. The van der Waals surface area contributed by atoms with E-state index in [0.717, 1.165) is 21.0 Å². The minimum Gasteiger partial charge on any atom is -0.497 e. The molecule has 49 heavy (non-hydrogen) atoms. The Kier molecular flexibility index (Phi) is 12.5. The van der Waals surface area contributed by atoms with Gasteiger partial charge >= 0.3 is 0 Å². The highest BCUT2D eigenvalue weighted by molar-refractivity contribution is 7.92. The van der Waals surface area contributed by atoms with Gasteiger partial charge in [-0.15, -0.1) is 0 Å². The first kappa shape index (κ1) is 36.6. The molecule has 260 valence electrons. The molecule has 1 unspecified atom stereocenters. The third-order valence-corrected chi connectivity index (χ3v) is 9.73. The maximum absolute atomic E-state index is 14.7. The van der Waals surface area contributed by atoms with E-state index in [1.807, 2.05) is 61.5 Å². The maximum atomic E-state index is 14.7. The number of hydrogen-bond donors (Lipinski definition) is 1. The van der Waals surface area contributed by atoms with Crippen LogP contribution in [-0.2, 0) is 32.6 Å². The summed E-state index contributed by atoms with van der Waals surface area (Å²) >= 11 is 0. The summed E-state index contributed by atoms with van der Waals surface area (Å²) in [7, 11) is 1.23. The molecule has 0 heterocycles. The van der Waals surface area contributed by atoms with Crippen LogP contribution in [0.5, 0.6) is 23.0 Å². The molecule has 0 radical (unpaired) electrons. The monoisotopic (exact) mass is 689 g/mol. The van der Waals surface area contributed by atoms with Crippen molar-refractivity contribution in [1.82, 2.24) is 10.2 Å². The lowest BCUT2D eigenvalue weighted by Crippen LogP contribution is -2.53. The van der Waals surface area contributed by atoms with Crippen molar-refractivity contribution >= 4 is 27.5 Å². The van der Waals surface area contributed by atoms with Crippen LogP contribution in [0.3, 0.4) is 0 Å². The zero-order valence-corrected chi connectivity index (χ0v) is 29.5. The normalized spacial score (nSPS) is 11.6. The number of benzene rings is 4. The van der Waals surface area contributed by atoms with E-state index in [1.54, 1.807) is 19.1 Å². The van der Waals surface area contributed by atoms with Gasteiger partial charge in [0.1, 0.15) is 24.1 Å². The third kappa shape index (κ3) is 8.82. The van der Waals surface area contributed by atoms with Gasteiger partial charge in [0.15, 0.2) is 11.5 Å². The number of nitrogens with zero attached hydrogens (tertiary/aromatic N) is 2. The molecule has 4 aromatic rings. The largest absolute Gasteiger partial charge is 0.497 e. The van der Waals surface area contributed by atoms with E-state index in [2.05, 4.69) is 5.32 Å². The first-order valence-corrected chi connectivity index (χ1v) is 17.1. The average molecular weight is 690 g/mol. The van der Waals surface area contributed by atoms with Gasteiger partial charge in [0.05, 0.1) is 39.0 Å². The minimum absolute atomic E-state index is 0.0488. The van der Waals surface area contributed by atoms with Crippen LogP contribution < -0.4 is 28.6 Å². The van der Waals surface area contributed by atoms with E-state index in [9.17, 15) is 18.0 Å². The van der Waals surface area contributed by atoms with Crippen LogP contribution >= 0.6 is 0 Å². The smallest absolute Gasteiger partial charge is 0.265 e. The van der Waals surface area contributed by atoms with Crippen molar-refractivity contribution in [3.8, 4) is 23.0 Å². The molecule has 11 nitrogen and oxygen atoms in total. The molecular formula is C37H43N3O8S. The standard InChI is InChI=1S/C37H43N3O8S/c1-7-38-37(42)32(21-27-11-9-8-10-12-27)39(24-28-15-13-26(2)14-16-28)36(41)25-40(31-22-29(45-3)17-19-33(31)46-4)49(43,44)30-18-20-34(47-5)35(23-30)48-6/h8-20,22-23,32H,7,21,24-25H2,1-6H3,(H,38,42). The number of carbonyl (C=O) groups is 2. The molecule has 0 aromatic heterocycles. The Morgan fingerprint density at radius 3 is 2.02 bits per heavy atom. The van der Waals surface area contributed by atoms with Gasteiger partial charge in [-0.2, -0.15) is 0 Å². The average Bonchev–Trinajstić information content (AvgIpc) is 3.12. The Morgan fingerprint density at radius 1 is 0.755 bits per heavy atom. The second-order valence-electron chi connectivity index (χ2n) is 11.2. The Hall–Kier alpha value is -5.23. The maximum Gasteiger partial charge on any atom is 0.265 e. The second kappa shape index (κ2) is 16.7. The first-order valence-electron chi connectivity index (χ1n) is 15.7. The summed E-state index contributed by atoms with van der Waals surface area (Å²) in [6.45, 7) is 3.48. The van der Waals surface area contributed by atoms with Gasteiger partial charge in [-0.3, -0.25) is 13.9 Å². The number of aryl methyl sites for hydroxylation is 1. The van der Waals surface area contributed by atoms with Gasteiger partial charge in [0.25, 0.3) is 10.0 Å². The molecule has 4 aromatic carbocycles. The number of carbonyl (C=O) groups excluding carboxylic acids is 2. The van der Waals surface area contributed by atoms with Crippen molar-refractivity contribution in [2.45, 2.75) is 37.8 Å². The fourth-order valence-corrected chi connectivity index (χ4v) is 6.78. The summed E-state index contributed by atoms with van der Waals surface area (Å²) in [5.41, 5.74) is 2.71. The molecule has 0 aliphatic heterocycles. The number of ether oxygens (including phenoxy) is 4. The molecule has 0 bridgehead atoms. The lowest BCUT2D eigenvalue weighted by Gasteiger charge is -2.34. The predicted octanol–water partition coefficient (Wildman–Crippen LogP) is 5.00. The molecule has 1 atom stereocenters. The highest BCUT2D eigenvalue weighted by atomic mass is 32.2. The molecule has 0 fully saturated rings. The minimum atomic E-state index is -4.48. The summed E-state index contributed by atoms with van der Waals surface area (Å²) in [6, 6.07) is 24.9. The van der Waals surface area contributed by atoms with Crippen LogP contribution in [0.1, 0.15) is 23.6 Å². The first-order chi connectivity index (χ1) is 23.6. The van der Waals surface area contributed by atoms with E-state index in [0.29, 0.717) is 18.0 Å². The molecule has 0 aliphatic rings. The molecule has 0 saturated heterocycles. The summed E-state index contributed by atoms with van der Waals surface area (Å²) in [4.78, 5) is 29.7. The number of rotatable bonds is 16. The van der Waals surface area contributed by atoms with Gasteiger partial charge in [0.2, 0.25) is 11.8 Å². The van der Waals surface area contributed by atoms with Gasteiger partial charge in [-0.05, 0) is 49.2 Å². The highest BCUT2D eigenvalue weighted by Gasteiger charge is 2.36. The van der Waals surface area contributed by atoms with Gasteiger partial charge in [-0.1, -0.05) is 60.2 Å². The zero-order chi connectivity index (χ0) is 35.6. The Labute approximate surface area is 288 Å². The van der Waals surface area contributed by atoms with E-state index >= 15 is 0 Å². The Morgan fingerprint density at radius 2 is 1.41 bits per heavy atom. The van der Waals surface area contributed by atoms with Crippen LogP contribution in [0.2, 0.25) is 0 Å².